The molecule has 96 valence electrons. The Hall–Kier alpha value is -1.82. The van der Waals surface area contributed by atoms with E-state index in [1.165, 1.54) is 6.07 Å². The third-order valence-corrected chi connectivity index (χ3v) is 2.59. The van der Waals surface area contributed by atoms with Crippen LogP contribution in [0.2, 0.25) is 0 Å². The van der Waals surface area contributed by atoms with Crippen LogP contribution >= 0.6 is 0 Å². The Morgan fingerprint density at radius 1 is 1.28 bits per heavy atom. The highest BCUT2D eigenvalue weighted by Gasteiger charge is 2.17. The van der Waals surface area contributed by atoms with Crippen LogP contribution in [0.4, 0.5) is 8.78 Å². The maximum atomic E-state index is 13.7. The van der Waals surface area contributed by atoms with Crippen molar-refractivity contribution in [3.63, 3.8) is 0 Å². The van der Waals surface area contributed by atoms with Gasteiger partial charge in [0.15, 0.2) is 0 Å². The summed E-state index contributed by atoms with van der Waals surface area (Å²) in [5, 5.41) is 3.62. The second-order valence-corrected chi connectivity index (χ2v) is 4.22. The average molecular weight is 253 g/mol. The minimum atomic E-state index is -0.721. The van der Waals surface area contributed by atoms with Gasteiger partial charge in [0.1, 0.15) is 11.6 Å². The molecule has 18 heavy (non-hydrogen) atoms. The summed E-state index contributed by atoms with van der Waals surface area (Å²) in [4.78, 5) is 3.92. The molecule has 6 heteroatoms. The molecule has 0 aliphatic heterocycles. The predicted molar refractivity (Wildman–Crippen MR) is 61.6 cm³/mol. The quantitative estimate of drug-likeness (QED) is 0.913. The molecule has 0 aliphatic carbocycles. The van der Waals surface area contributed by atoms with Gasteiger partial charge in [0, 0.05) is 6.07 Å². The van der Waals surface area contributed by atoms with Crippen molar-refractivity contribution in [1.29, 1.82) is 0 Å². The summed E-state index contributed by atoms with van der Waals surface area (Å²) in [6, 6.07) is 2.24. The Labute approximate surface area is 103 Å². The molecule has 2 aromatic rings. The first-order valence-corrected chi connectivity index (χ1v) is 5.55. The lowest BCUT2D eigenvalue weighted by Gasteiger charge is -2.08. The van der Waals surface area contributed by atoms with E-state index in [1.54, 1.807) is 0 Å². The third-order valence-electron chi connectivity index (χ3n) is 2.59. The van der Waals surface area contributed by atoms with Crippen LogP contribution in [-0.4, -0.2) is 10.1 Å². The third kappa shape index (κ3) is 2.24. The summed E-state index contributed by atoms with van der Waals surface area (Å²) in [5.74, 6) is -1.07. The first-order chi connectivity index (χ1) is 8.52. The molecule has 0 radical (unpaired) electrons. The molecule has 0 saturated carbocycles. The minimum absolute atomic E-state index is 0.0646. The number of hydrogen-bond acceptors (Lipinski definition) is 4. The fourth-order valence-corrected chi connectivity index (χ4v) is 1.63. The van der Waals surface area contributed by atoms with E-state index in [9.17, 15) is 8.78 Å². The Balaban J connectivity index is 2.53. The second kappa shape index (κ2) is 4.81. The summed E-state index contributed by atoms with van der Waals surface area (Å²) < 4.78 is 32.1. The maximum absolute atomic E-state index is 13.7. The molecule has 1 heterocycles. The SMILES string of the molecule is CC(C)c1cc(-c2noc(CN)n2)c(F)cc1F. The Morgan fingerprint density at radius 3 is 2.56 bits per heavy atom. The summed E-state index contributed by atoms with van der Waals surface area (Å²) in [6.07, 6.45) is 0. The smallest absolute Gasteiger partial charge is 0.240 e. The molecule has 0 unspecified atom stereocenters. The van der Waals surface area contributed by atoms with Gasteiger partial charge in [-0.3, -0.25) is 0 Å². The topological polar surface area (TPSA) is 64.9 Å². The fraction of sp³-hybridized carbons (Fsp3) is 0.333. The Kier molecular flexibility index (Phi) is 3.38. The fourth-order valence-electron chi connectivity index (χ4n) is 1.63. The lowest BCUT2D eigenvalue weighted by atomic mass is 9.99. The lowest BCUT2D eigenvalue weighted by Crippen LogP contribution is -1.98. The molecule has 0 amide bonds. The van der Waals surface area contributed by atoms with Gasteiger partial charge >= 0.3 is 0 Å². The molecule has 0 bridgehead atoms. The van der Waals surface area contributed by atoms with E-state index in [4.69, 9.17) is 10.3 Å². The van der Waals surface area contributed by atoms with Crippen LogP contribution in [0, 0.1) is 11.6 Å². The predicted octanol–water partition coefficient (Wildman–Crippen LogP) is 2.60. The number of hydrogen-bond donors (Lipinski definition) is 1. The molecule has 1 aromatic heterocycles. The molecule has 0 fully saturated rings. The van der Waals surface area contributed by atoms with Crippen molar-refractivity contribution in [2.45, 2.75) is 26.3 Å². The molecule has 1 aromatic carbocycles. The Bertz CT molecular complexity index is 566. The van der Waals surface area contributed by atoms with E-state index in [2.05, 4.69) is 10.1 Å². The first-order valence-electron chi connectivity index (χ1n) is 5.55. The lowest BCUT2D eigenvalue weighted by molar-refractivity contribution is 0.380. The normalized spacial score (nSPS) is 11.2. The molecule has 2 rings (SSSR count). The van der Waals surface area contributed by atoms with E-state index in [0.29, 0.717) is 5.56 Å². The minimum Gasteiger partial charge on any atom is -0.338 e. The summed E-state index contributed by atoms with van der Waals surface area (Å²) in [7, 11) is 0. The van der Waals surface area contributed by atoms with Gasteiger partial charge in [-0.05, 0) is 17.5 Å². The second-order valence-electron chi connectivity index (χ2n) is 4.22. The highest BCUT2D eigenvalue weighted by atomic mass is 19.1. The van der Waals surface area contributed by atoms with Crippen LogP contribution in [-0.2, 0) is 6.54 Å². The number of nitrogens with zero attached hydrogens (tertiary/aromatic N) is 2. The van der Waals surface area contributed by atoms with Crippen molar-refractivity contribution in [2.75, 3.05) is 0 Å². The zero-order chi connectivity index (χ0) is 13.3. The van der Waals surface area contributed by atoms with Gasteiger partial charge in [-0.1, -0.05) is 19.0 Å². The number of halogens is 2. The molecule has 0 spiro atoms. The van der Waals surface area contributed by atoms with E-state index < -0.39 is 11.6 Å². The van der Waals surface area contributed by atoms with Crippen LogP contribution in [0.1, 0.15) is 31.2 Å². The van der Waals surface area contributed by atoms with Crippen molar-refractivity contribution in [1.82, 2.24) is 10.1 Å². The van der Waals surface area contributed by atoms with E-state index in [0.717, 1.165) is 6.07 Å². The first kappa shape index (κ1) is 12.6. The van der Waals surface area contributed by atoms with E-state index >= 15 is 0 Å². The molecule has 0 saturated heterocycles. The zero-order valence-electron chi connectivity index (χ0n) is 10.1. The standard InChI is InChI=1S/C12H13F2N3O/c1-6(2)7-3-8(10(14)4-9(7)13)12-16-11(5-15)18-17-12/h3-4,6H,5,15H2,1-2H3. The van der Waals surface area contributed by atoms with Gasteiger partial charge in [-0.15, -0.1) is 0 Å². The van der Waals surface area contributed by atoms with Crippen LogP contribution < -0.4 is 5.73 Å². The summed E-state index contributed by atoms with van der Waals surface area (Å²) >= 11 is 0. The molecule has 0 atom stereocenters. The van der Waals surface area contributed by atoms with Crippen molar-refractivity contribution in [3.8, 4) is 11.4 Å². The Morgan fingerprint density at radius 2 is 2.00 bits per heavy atom. The van der Waals surface area contributed by atoms with Crippen molar-refractivity contribution in [2.24, 2.45) is 5.73 Å². The molecular weight excluding hydrogens is 240 g/mol. The monoisotopic (exact) mass is 253 g/mol. The average Bonchev–Trinajstić information content (AvgIpc) is 2.77. The van der Waals surface area contributed by atoms with Crippen molar-refractivity contribution >= 4 is 0 Å². The van der Waals surface area contributed by atoms with Gasteiger partial charge in [-0.25, -0.2) is 8.78 Å². The molecule has 4 nitrogen and oxygen atoms in total. The van der Waals surface area contributed by atoms with E-state index in [-0.39, 0.29) is 29.7 Å². The zero-order valence-corrected chi connectivity index (χ0v) is 10.1. The van der Waals surface area contributed by atoms with Gasteiger partial charge in [0.05, 0.1) is 12.1 Å². The summed E-state index contributed by atoms with van der Waals surface area (Å²) in [6.45, 7) is 3.72. The molecule has 0 aliphatic rings. The highest BCUT2D eigenvalue weighted by Crippen LogP contribution is 2.27. The van der Waals surface area contributed by atoms with Crippen LogP contribution in [0.15, 0.2) is 16.7 Å². The van der Waals surface area contributed by atoms with Gasteiger partial charge in [0.25, 0.3) is 0 Å². The highest BCUT2D eigenvalue weighted by molar-refractivity contribution is 5.57. The largest absolute Gasteiger partial charge is 0.338 e. The van der Waals surface area contributed by atoms with Gasteiger partial charge < -0.3 is 10.3 Å². The van der Waals surface area contributed by atoms with Gasteiger partial charge in [0.2, 0.25) is 11.7 Å². The number of aromatic nitrogens is 2. The molecular formula is C12H13F2N3O. The number of rotatable bonds is 3. The van der Waals surface area contributed by atoms with Gasteiger partial charge in [-0.2, -0.15) is 4.98 Å². The summed E-state index contributed by atoms with van der Waals surface area (Å²) in [5.41, 5.74) is 5.85. The van der Waals surface area contributed by atoms with Crippen LogP contribution in [0.3, 0.4) is 0 Å². The van der Waals surface area contributed by atoms with E-state index in [1.807, 2.05) is 13.8 Å². The van der Waals surface area contributed by atoms with Crippen molar-refractivity contribution < 1.29 is 13.3 Å². The van der Waals surface area contributed by atoms with Crippen LogP contribution in [0.25, 0.3) is 11.4 Å². The van der Waals surface area contributed by atoms with Crippen LogP contribution in [0.5, 0.6) is 0 Å². The van der Waals surface area contributed by atoms with Crippen molar-refractivity contribution in [3.05, 3.63) is 35.2 Å². The number of benzene rings is 1. The maximum Gasteiger partial charge on any atom is 0.240 e. The number of nitrogens with two attached hydrogens (primary N) is 1. The molecule has 2 N–H and O–H groups in total.